The number of carbonyl (C=O) groups is 1. The molecule has 0 bridgehead atoms. The van der Waals surface area contributed by atoms with E-state index in [0.29, 0.717) is 11.4 Å². The molecule has 2 rings (SSSR count). The van der Waals surface area contributed by atoms with Gasteiger partial charge in [0.15, 0.2) is 5.69 Å². The van der Waals surface area contributed by atoms with Crippen molar-refractivity contribution < 1.29 is 4.79 Å². The van der Waals surface area contributed by atoms with E-state index in [2.05, 4.69) is 38.1 Å². The molecule has 0 radical (unpaired) electrons. The summed E-state index contributed by atoms with van der Waals surface area (Å²) in [7, 11) is 0. The molecule has 0 saturated carbocycles. The highest BCUT2D eigenvalue weighted by Gasteiger charge is 2.15. The van der Waals surface area contributed by atoms with Gasteiger partial charge < -0.3 is 11.1 Å². The van der Waals surface area contributed by atoms with Crippen LogP contribution >= 0.6 is 22.6 Å². The zero-order valence-electron chi connectivity index (χ0n) is 9.12. The molecule has 1 aromatic carbocycles. The lowest BCUT2D eigenvalue weighted by atomic mass is 10.2. The number of nitrogens with one attached hydrogen (secondary N) is 2. The summed E-state index contributed by atoms with van der Waals surface area (Å²) in [5.41, 5.74) is 7.75. The van der Waals surface area contributed by atoms with Crippen molar-refractivity contribution in [3.63, 3.8) is 0 Å². The Kier molecular flexibility index (Phi) is 3.32. The van der Waals surface area contributed by atoms with E-state index in [0.717, 1.165) is 9.26 Å². The number of H-pyrrole nitrogens is 1. The third-order valence-corrected chi connectivity index (χ3v) is 2.96. The van der Waals surface area contributed by atoms with Crippen molar-refractivity contribution in [1.82, 2.24) is 10.2 Å². The van der Waals surface area contributed by atoms with Gasteiger partial charge in [-0.2, -0.15) is 5.10 Å². The van der Waals surface area contributed by atoms with Crippen LogP contribution in [0.15, 0.2) is 24.3 Å². The molecule has 0 aliphatic heterocycles. The standard InChI is InChI=1S/C11H11IN4O/c1-6-9(13)10(16-15-6)11(17)14-8-4-2-3-7(12)5-8/h2-5H,13H2,1H3,(H,14,17)(H,15,16). The smallest absolute Gasteiger partial charge is 0.278 e. The summed E-state index contributed by atoms with van der Waals surface area (Å²) in [6.07, 6.45) is 0. The zero-order valence-corrected chi connectivity index (χ0v) is 11.3. The number of hydrogen-bond donors (Lipinski definition) is 3. The van der Waals surface area contributed by atoms with Crippen molar-refractivity contribution in [3.05, 3.63) is 39.2 Å². The fourth-order valence-corrected chi connectivity index (χ4v) is 1.91. The lowest BCUT2D eigenvalue weighted by Gasteiger charge is -2.04. The second-order valence-corrected chi connectivity index (χ2v) is 4.82. The molecule has 88 valence electrons. The number of aryl methyl sites for hydroxylation is 1. The quantitative estimate of drug-likeness (QED) is 0.732. The number of aromatic amines is 1. The minimum absolute atomic E-state index is 0.223. The van der Waals surface area contributed by atoms with Gasteiger partial charge in [0, 0.05) is 9.26 Å². The average molecular weight is 342 g/mol. The van der Waals surface area contributed by atoms with E-state index in [9.17, 15) is 4.79 Å². The monoisotopic (exact) mass is 342 g/mol. The van der Waals surface area contributed by atoms with Gasteiger partial charge in [-0.25, -0.2) is 0 Å². The van der Waals surface area contributed by atoms with Crippen molar-refractivity contribution in [2.24, 2.45) is 0 Å². The van der Waals surface area contributed by atoms with Gasteiger partial charge in [0.05, 0.1) is 11.4 Å². The van der Waals surface area contributed by atoms with Gasteiger partial charge in [-0.3, -0.25) is 9.89 Å². The van der Waals surface area contributed by atoms with Crippen LogP contribution in [0.2, 0.25) is 0 Å². The molecule has 0 fully saturated rings. The predicted molar refractivity (Wildman–Crippen MR) is 74.8 cm³/mol. The van der Waals surface area contributed by atoms with Crippen LogP contribution in [0.4, 0.5) is 11.4 Å². The third kappa shape index (κ3) is 2.57. The van der Waals surface area contributed by atoms with Gasteiger partial charge in [-0.1, -0.05) is 6.07 Å². The first kappa shape index (κ1) is 11.9. The molecular weight excluding hydrogens is 331 g/mol. The Balaban J connectivity index is 2.20. The summed E-state index contributed by atoms with van der Waals surface area (Å²) in [5, 5.41) is 9.29. The number of anilines is 2. The largest absolute Gasteiger partial charge is 0.395 e. The summed E-state index contributed by atoms with van der Waals surface area (Å²) < 4.78 is 1.05. The van der Waals surface area contributed by atoms with Crippen LogP contribution in [0, 0.1) is 10.5 Å². The van der Waals surface area contributed by atoms with Crippen LogP contribution in [0.25, 0.3) is 0 Å². The molecule has 1 amide bonds. The van der Waals surface area contributed by atoms with Crippen LogP contribution in [0.1, 0.15) is 16.2 Å². The molecule has 0 unspecified atom stereocenters. The van der Waals surface area contributed by atoms with Crippen LogP contribution < -0.4 is 11.1 Å². The molecule has 17 heavy (non-hydrogen) atoms. The van der Waals surface area contributed by atoms with E-state index in [1.54, 1.807) is 6.92 Å². The number of aromatic nitrogens is 2. The molecule has 1 aromatic heterocycles. The van der Waals surface area contributed by atoms with Gasteiger partial charge in [-0.05, 0) is 47.7 Å². The Hall–Kier alpha value is -1.57. The number of hydrogen-bond acceptors (Lipinski definition) is 3. The average Bonchev–Trinajstić information content (AvgIpc) is 2.60. The summed E-state index contributed by atoms with van der Waals surface area (Å²) in [5.74, 6) is -0.311. The van der Waals surface area contributed by atoms with E-state index in [-0.39, 0.29) is 11.6 Å². The molecule has 1 heterocycles. The first-order valence-corrected chi connectivity index (χ1v) is 6.03. The Morgan fingerprint density at radius 2 is 2.29 bits per heavy atom. The van der Waals surface area contributed by atoms with E-state index in [1.165, 1.54) is 0 Å². The van der Waals surface area contributed by atoms with Gasteiger partial charge in [0.1, 0.15) is 0 Å². The number of rotatable bonds is 2. The Labute approximate surface area is 112 Å². The molecular formula is C11H11IN4O. The van der Waals surface area contributed by atoms with E-state index in [1.807, 2.05) is 24.3 Å². The maximum absolute atomic E-state index is 11.9. The lowest BCUT2D eigenvalue weighted by molar-refractivity contribution is 0.102. The zero-order chi connectivity index (χ0) is 12.4. The highest BCUT2D eigenvalue weighted by molar-refractivity contribution is 14.1. The molecule has 0 aliphatic rings. The molecule has 0 saturated heterocycles. The van der Waals surface area contributed by atoms with E-state index < -0.39 is 0 Å². The minimum Gasteiger partial charge on any atom is -0.395 e. The first-order valence-electron chi connectivity index (χ1n) is 4.95. The van der Waals surface area contributed by atoms with Gasteiger partial charge >= 0.3 is 0 Å². The maximum Gasteiger partial charge on any atom is 0.278 e. The highest BCUT2D eigenvalue weighted by Crippen LogP contribution is 2.16. The SMILES string of the molecule is Cc1[nH]nc(C(=O)Nc2cccc(I)c2)c1N. The summed E-state index contributed by atoms with van der Waals surface area (Å²) in [6, 6.07) is 7.50. The summed E-state index contributed by atoms with van der Waals surface area (Å²) in [4.78, 5) is 11.9. The predicted octanol–water partition coefficient (Wildman–Crippen LogP) is 2.16. The molecule has 4 N–H and O–H groups in total. The van der Waals surface area contributed by atoms with Crippen molar-refractivity contribution in [1.29, 1.82) is 0 Å². The van der Waals surface area contributed by atoms with Gasteiger partial charge in [-0.15, -0.1) is 0 Å². The Morgan fingerprint density at radius 1 is 1.53 bits per heavy atom. The van der Waals surface area contributed by atoms with E-state index >= 15 is 0 Å². The number of nitrogens with zero attached hydrogens (tertiary/aromatic N) is 1. The highest BCUT2D eigenvalue weighted by atomic mass is 127. The molecule has 5 nitrogen and oxygen atoms in total. The molecule has 0 atom stereocenters. The maximum atomic E-state index is 11.9. The first-order chi connectivity index (χ1) is 8.08. The second kappa shape index (κ2) is 4.74. The number of halogens is 1. The van der Waals surface area contributed by atoms with Crippen molar-refractivity contribution in [2.75, 3.05) is 11.1 Å². The van der Waals surface area contributed by atoms with Crippen molar-refractivity contribution >= 4 is 39.9 Å². The number of amides is 1. The Morgan fingerprint density at radius 3 is 2.88 bits per heavy atom. The number of nitrogens with two attached hydrogens (primary N) is 1. The lowest BCUT2D eigenvalue weighted by Crippen LogP contribution is -2.14. The second-order valence-electron chi connectivity index (χ2n) is 3.58. The van der Waals surface area contributed by atoms with Crippen molar-refractivity contribution in [2.45, 2.75) is 6.92 Å². The van der Waals surface area contributed by atoms with Gasteiger partial charge in [0.25, 0.3) is 5.91 Å². The number of nitrogen functional groups attached to an aromatic ring is 1. The topological polar surface area (TPSA) is 83.8 Å². The van der Waals surface area contributed by atoms with Crippen LogP contribution in [0.3, 0.4) is 0 Å². The van der Waals surface area contributed by atoms with Crippen LogP contribution in [-0.4, -0.2) is 16.1 Å². The molecule has 6 heteroatoms. The number of benzene rings is 1. The molecule has 0 aliphatic carbocycles. The third-order valence-electron chi connectivity index (χ3n) is 2.29. The van der Waals surface area contributed by atoms with Gasteiger partial charge in [0.2, 0.25) is 0 Å². The fraction of sp³-hybridized carbons (Fsp3) is 0.0909. The van der Waals surface area contributed by atoms with Crippen molar-refractivity contribution in [3.8, 4) is 0 Å². The summed E-state index contributed by atoms with van der Waals surface area (Å²) >= 11 is 2.18. The summed E-state index contributed by atoms with van der Waals surface area (Å²) in [6.45, 7) is 1.77. The van der Waals surface area contributed by atoms with Crippen LogP contribution in [-0.2, 0) is 0 Å². The minimum atomic E-state index is -0.311. The molecule has 2 aromatic rings. The number of carbonyl (C=O) groups excluding carboxylic acids is 1. The fourth-order valence-electron chi connectivity index (χ4n) is 1.37. The van der Waals surface area contributed by atoms with Crippen LogP contribution in [0.5, 0.6) is 0 Å². The van der Waals surface area contributed by atoms with E-state index in [4.69, 9.17) is 5.73 Å². The normalized spacial score (nSPS) is 10.2. The Bertz CT molecular complexity index is 564. The molecule has 0 spiro atoms.